The zero-order valence-electron chi connectivity index (χ0n) is 16.9. The van der Waals surface area contributed by atoms with Crippen molar-refractivity contribution in [1.29, 1.82) is 0 Å². The van der Waals surface area contributed by atoms with Gasteiger partial charge >= 0.3 is 0 Å². The molecule has 0 saturated heterocycles. The van der Waals surface area contributed by atoms with E-state index in [9.17, 15) is 8.42 Å². The number of hydrogen-bond donors (Lipinski definition) is 2. The van der Waals surface area contributed by atoms with Gasteiger partial charge in [0.05, 0.1) is 4.90 Å². The highest BCUT2D eigenvalue weighted by Crippen LogP contribution is 2.18. The first kappa shape index (κ1) is 22.3. The highest BCUT2D eigenvalue weighted by atomic mass is 32.2. The molecule has 0 aliphatic heterocycles. The van der Waals surface area contributed by atoms with Gasteiger partial charge in [0.2, 0.25) is 10.0 Å². The minimum atomic E-state index is -3.42. The van der Waals surface area contributed by atoms with Crippen molar-refractivity contribution in [3.8, 4) is 0 Å². The Labute approximate surface area is 174 Å². The molecular weight excluding hydrogens is 390 g/mol. The molecule has 0 radical (unpaired) electrons. The van der Waals surface area contributed by atoms with E-state index >= 15 is 0 Å². The van der Waals surface area contributed by atoms with Crippen LogP contribution in [0.5, 0.6) is 0 Å². The molecule has 2 N–H and O–H groups in total. The lowest BCUT2D eigenvalue weighted by Crippen LogP contribution is -2.30. The molecule has 0 spiro atoms. The molecular formula is C21H29N3O2S2. The van der Waals surface area contributed by atoms with Crippen molar-refractivity contribution >= 4 is 33.0 Å². The summed E-state index contributed by atoms with van der Waals surface area (Å²) < 4.78 is 26.5. The van der Waals surface area contributed by atoms with Gasteiger partial charge in [-0.15, -0.1) is 0 Å². The van der Waals surface area contributed by atoms with E-state index in [0.717, 1.165) is 11.3 Å². The lowest BCUT2D eigenvalue weighted by Gasteiger charge is -2.18. The van der Waals surface area contributed by atoms with Gasteiger partial charge in [0.25, 0.3) is 0 Å². The smallest absolute Gasteiger partial charge is 0.243 e. The average Bonchev–Trinajstić information content (AvgIpc) is 2.68. The van der Waals surface area contributed by atoms with Crippen LogP contribution < -0.4 is 10.6 Å². The maximum atomic E-state index is 12.5. The van der Waals surface area contributed by atoms with Gasteiger partial charge in [0, 0.05) is 25.3 Å². The van der Waals surface area contributed by atoms with Gasteiger partial charge in [-0.25, -0.2) is 8.42 Å². The van der Waals surface area contributed by atoms with Crippen LogP contribution >= 0.6 is 12.2 Å². The first-order valence-electron chi connectivity index (χ1n) is 9.51. The highest BCUT2D eigenvalue weighted by Gasteiger charge is 2.21. The van der Waals surface area contributed by atoms with Crippen molar-refractivity contribution in [2.24, 2.45) is 0 Å². The van der Waals surface area contributed by atoms with Gasteiger partial charge < -0.3 is 10.6 Å². The zero-order chi connectivity index (χ0) is 20.7. The summed E-state index contributed by atoms with van der Waals surface area (Å²) in [7, 11) is -3.42. The quantitative estimate of drug-likeness (QED) is 0.624. The monoisotopic (exact) mass is 419 g/mol. The van der Waals surface area contributed by atoms with Crippen LogP contribution in [0.4, 0.5) is 5.69 Å². The first-order valence-corrected chi connectivity index (χ1v) is 11.4. The maximum absolute atomic E-state index is 12.5. The molecule has 0 aliphatic carbocycles. The predicted octanol–water partition coefficient (Wildman–Crippen LogP) is 4.33. The summed E-state index contributed by atoms with van der Waals surface area (Å²) >= 11 is 5.35. The van der Waals surface area contributed by atoms with Crippen LogP contribution in [-0.4, -0.2) is 30.9 Å². The fraction of sp³-hybridized carbons (Fsp3) is 0.381. The normalized spacial score (nSPS) is 11.6. The van der Waals surface area contributed by atoms with Crippen molar-refractivity contribution in [2.45, 2.75) is 45.1 Å². The molecule has 0 amide bonds. The molecule has 0 atom stereocenters. The number of nitrogens with one attached hydrogen (secondary N) is 2. The second-order valence-electron chi connectivity index (χ2n) is 6.82. The molecule has 0 aromatic heterocycles. The van der Waals surface area contributed by atoms with Crippen molar-refractivity contribution in [3.63, 3.8) is 0 Å². The lowest BCUT2D eigenvalue weighted by atomic mass is 10.0. The maximum Gasteiger partial charge on any atom is 0.243 e. The van der Waals surface area contributed by atoms with E-state index in [2.05, 4.69) is 36.6 Å². The molecule has 2 aromatic carbocycles. The van der Waals surface area contributed by atoms with Gasteiger partial charge in [-0.05, 0) is 53.5 Å². The number of benzene rings is 2. The zero-order valence-corrected chi connectivity index (χ0v) is 18.5. The van der Waals surface area contributed by atoms with Crippen molar-refractivity contribution in [3.05, 3.63) is 59.7 Å². The Hall–Kier alpha value is -1.96. The van der Waals surface area contributed by atoms with E-state index in [1.807, 2.05) is 38.1 Å². The molecule has 0 heterocycles. The summed E-state index contributed by atoms with van der Waals surface area (Å²) in [6.45, 7) is 9.43. The van der Waals surface area contributed by atoms with Crippen molar-refractivity contribution < 1.29 is 8.42 Å². The minimum Gasteiger partial charge on any atom is -0.358 e. The van der Waals surface area contributed by atoms with E-state index < -0.39 is 10.0 Å². The first-order chi connectivity index (χ1) is 13.3. The summed E-state index contributed by atoms with van der Waals surface area (Å²) in [5, 5.41) is 6.84. The second kappa shape index (κ2) is 10.0. The van der Waals surface area contributed by atoms with Crippen LogP contribution in [0.3, 0.4) is 0 Å². The predicted molar refractivity (Wildman–Crippen MR) is 120 cm³/mol. The van der Waals surface area contributed by atoms with Crippen molar-refractivity contribution in [1.82, 2.24) is 9.62 Å². The molecule has 2 rings (SSSR count). The van der Waals surface area contributed by atoms with Gasteiger partial charge in [0.15, 0.2) is 5.11 Å². The second-order valence-corrected chi connectivity index (χ2v) is 9.16. The molecule has 0 bridgehead atoms. The summed E-state index contributed by atoms with van der Waals surface area (Å²) in [4.78, 5) is 0.311. The van der Waals surface area contributed by atoms with E-state index in [-0.39, 0.29) is 0 Å². The molecule has 0 saturated carbocycles. The van der Waals surface area contributed by atoms with Gasteiger partial charge in [-0.3, -0.25) is 0 Å². The Balaban J connectivity index is 1.93. The number of hydrogen-bond acceptors (Lipinski definition) is 3. The van der Waals surface area contributed by atoms with E-state index in [0.29, 0.717) is 35.6 Å². The van der Waals surface area contributed by atoms with Gasteiger partial charge in [-0.1, -0.05) is 52.0 Å². The molecule has 152 valence electrons. The largest absolute Gasteiger partial charge is 0.358 e. The van der Waals surface area contributed by atoms with Crippen LogP contribution in [0, 0.1) is 0 Å². The topological polar surface area (TPSA) is 61.4 Å². The Morgan fingerprint density at radius 1 is 1.00 bits per heavy atom. The molecule has 5 nitrogen and oxygen atoms in total. The van der Waals surface area contributed by atoms with Crippen LogP contribution in [-0.2, 0) is 16.6 Å². The molecule has 2 aromatic rings. The molecule has 0 aliphatic rings. The summed E-state index contributed by atoms with van der Waals surface area (Å²) in [5.74, 6) is 0.493. The summed E-state index contributed by atoms with van der Waals surface area (Å²) in [6, 6.07) is 15.1. The van der Waals surface area contributed by atoms with Crippen LogP contribution in [0.2, 0.25) is 0 Å². The third-order valence-corrected chi connectivity index (χ3v) is 6.87. The van der Waals surface area contributed by atoms with Crippen LogP contribution in [0.15, 0.2) is 53.4 Å². The third-order valence-electron chi connectivity index (χ3n) is 4.55. The Morgan fingerprint density at radius 3 is 2.07 bits per heavy atom. The average molecular weight is 420 g/mol. The molecule has 28 heavy (non-hydrogen) atoms. The van der Waals surface area contributed by atoms with Gasteiger partial charge in [-0.2, -0.15) is 4.31 Å². The number of thiocarbonyl (C=S) groups is 1. The van der Waals surface area contributed by atoms with E-state index in [1.54, 1.807) is 12.1 Å². The van der Waals surface area contributed by atoms with Crippen molar-refractivity contribution in [2.75, 3.05) is 18.4 Å². The van der Waals surface area contributed by atoms with Gasteiger partial charge in [0.1, 0.15) is 0 Å². The fourth-order valence-electron chi connectivity index (χ4n) is 2.80. The summed E-state index contributed by atoms with van der Waals surface area (Å²) in [6.07, 6.45) is 0. The van der Waals surface area contributed by atoms with Crippen LogP contribution in [0.25, 0.3) is 0 Å². The number of anilines is 1. The number of sulfonamides is 1. The number of nitrogens with zero attached hydrogens (tertiary/aromatic N) is 1. The standard InChI is InChI=1S/C21H29N3O2S2/c1-5-24(6-2)28(25,26)20-13-7-17(8-14-20)15-22-21(27)23-19-11-9-18(10-12-19)16(3)4/h7-14,16H,5-6,15H2,1-4H3,(H2,22,23,27). The SMILES string of the molecule is CCN(CC)S(=O)(=O)c1ccc(CNC(=S)Nc2ccc(C(C)C)cc2)cc1. The molecule has 0 fully saturated rings. The minimum absolute atomic E-state index is 0.311. The third kappa shape index (κ3) is 5.77. The lowest BCUT2D eigenvalue weighted by molar-refractivity contribution is 0.445. The Kier molecular flexibility index (Phi) is 7.98. The number of rotatable bonds is 8. The Morgan fingerprint density at radius 2 is 1.57 bits per heavy atom. The molecule has 7 heteroatoms. The molecule has 0 unspecified atom stereocenters. The van der Waals surface area contributed by atoms with Crippen LogP contribution in [0.1, 0.15) is 44.7 Å². The fourth-order valence-corrected chi connectivity index (χ4v) is 4.45. The van der Waals surface area contributed by atoms with E-state index in [4.69, 9.17) is 12.2 Å². The highest BCUT2D eigenvalue weighted by molar-refractivity contribution is 7.89. The summed E-state index contributed by atoms with van der Waals surface area (Å²) in [5.41, 5.74) is 3.17. The Bertz CT molecular complexity index is 873. The van der Waals surface area contributed by atoms with E-state index in [1.165, 1.54) is 9.87 Å².